The van der Waals surface area contributed by atoms with Crippen molar-refractivity contribution >= 4 is 28.4 Å². The van der Waals surface area contributed by atoms with Crippen LogP contribution < -0.4 is 5.73 Å². The summed E-state index contributed by atoms with van der Waals surface area (Å²) in [5, 5.41) is 7.45. The van der Waals surface area contributed by atoms with Crippen molar-refractivity contribution in [2.45, 2.75) is 19.9 Å². The molecular weight excluding hydrogens is 248 g/mol. The van der Waals surface area contributed by atoms with Crippen LogP contribution in [-0.2, 0) is 20.0 Å². The summed E-state index contributed by atoms with van der Waals surface area (Å²) in [6, 6.07) is 0. The van der Waals surface area contributed by atoms with Gasteiger partial charge in [0.25, 0.3) is 0 Å². The van der Waals surface area contributed by atoms with Gasteiger partial charge >= 0.3 is 0 Å². The van der Waals surface area contributed by atoms with Crippen molar-refractivity contribution in [1.82, 2.24) is 24.3 Å². The summed E-state index contributed by atoms with van der Waals surface area (Å²) in [5.74, 6) is 0.539. The standard InChI is InChI=1S/C11H14N6S/c1-7-9-10(16(2)15-7)17(11(12)14-9)5-3-8-13-4-6-18-8/h4,6H,3,5H2,1-2H3,(H2,12,14). The third-order valence-electron chi connectivity index (χ3n) is 2.95. The molecule has 3 heterocycles. The molecule has 0 saturated heterocycles. The molecule has 0 aromatic carbocycles. The van der Waals surface area contributed by atoms with Crippen LogP contribution in [0.25, 0.3) is 11.2 Å². The summed E-state index contributed by atoms with van der Waals surface area (Å²) >= 11 is 1.66. The van der Waals surface area contributed by atoms with E-state index in [1.807, 2.05) is 34.8 Å². The van der Waals surface area contributed by atoms with Crippen molar-refractivity contribution < 1.29 is 0 Å². The molecule has 0 aliphatic carbocycles. The van der Waals surface area contributed by atoms with E-state index in [1.165, 1.54) is 0 Å². The molecule has 0 unspecified atom stereocenters. The minimum Gasteiger partial charge on any atom is -0.369 e. The van der Waals surface area contributed by atoms with E-state index in [9.17, 15) is 0 Å². The Morgan fingerprint density at radius 3 is 3.00 bits per heavy atom. The molecule has 0 bridgehead atoms. The van der Waals surface area contributed by atoms with E-state index in [4.69, 9.17) is 5.73 Å². The highest BCUT2D eigenvalue weighted by molar-refractivity contribution is 7.09. The summed E-state index contributed by atoms with van der Waals surface area (Å²) in [6.45, 7) is 2.72. The van der Waals surface area contributed by atoms with Crippen LogP contribution in [0.3, 0.4) is 0 Å². The van der Waals surface area contributed by atoms with E-state index in [0.717, 1.165) is 34.8 Å². The van der Waals surface area contributed by atoms with Crippen LogP contribution in [0.5, 0.6) is 0 Å². The highest BCUT2D eigenvalue weighted by Crippen LogP contribution is 2.20. The Kier molecular flexibility index (Phi) is 2.55. The number of hydrogen-bond donors (Lipinski definition) is 1. The van der Waals surface area contributed by atoms with Crippen LogP contribution in [0, 0.1) is 6.92 Å². The Balaban J connectivity index is 1.98. The number of fused-ring (bicyclic) bond motifs is 1. The van der Waals surface area contributed by atoms with Gasteiger partial charge in [0.2, 0.25) is 5.95 Å². The smallest absolute Gasteiger partial charge is 0.202 e. The van der Waals surface area contributed by atoms with E-state index in [1.54, 1.807) is 11.3 Å². The van der Waals surface area contributed by atoms with E-state index in [0.29, 0.717) is 5.95 Å². The Hall–Kier alpha value is -1.89. The fourth-order valence-electron chi connectivity index (χ4n) is 2.16. The van der Waals surface area contributed by atoms with Crippen LogP contribution >= 0.6 is 11.3 Å². The molecule has 0 atom stereocenters. The van der Waals surface area contributed by atoms with Gasteiger partial charge in [-0.2, -0.15) is 5.10 Å². The second kappa shape index (κ2) is 4.09. The van der Waals surface area contributed by atoms with Crippen LogP contribution in [0.15, 0.2) is 11.6 Å². The van der Waals surface area contributed by atoms with Crippen LogP contribution in [0.4, 0.5) is 5.95 Å². The summed E-state index contributed by atoms with van der Waals surface area (Å²) < 4.78 is 3.83. The summed E-state index contributed by atoms with van der Waals surface area (Å²) in [7, 11) is 1.91. The number of nitrogen functional groups attached to an aromatic ring is 1. The fourth-order valence-corrected chi connectivity index (χ4v) is 2.77. The van der Waals surface area contributed by atoms with Crippen molar-refractivity contribution in [1.29, 1.82) is 0 Å². The predicted octanol–water partition coefficient (Wildman–Crippen LogP) is 1.36. The Bertz CT molecular complexity index is 678. The van der Waals surface area contributed by atoms with Crippen LogP contribution in [0.1, 0.15) is 10.7 Å². The van der Waals surface area contributed by atoms with E-state index in [2.05, 4.69) is 15.1 Å². The first-order valence-corrected chi connectivity index (χ1v) is 6.58. The van der Waals surface area contributed by atoms with Gasteiger partial charge in [-0.25, -0.2) is 9.97 Å². The van der Waals surface area contributed by atoms with E-state index < -0.39 is 0 Å². The number of aryl methyl sites for hydroxylation is 4. The first-order chi connectivity index (χ1) is 8.66. The Labute approximate surface area is 108 Å². The zero-order valence-corrected chi connectivity index (χ0v) is 11.1. The zero-order valence-electron chi connectivity index (χ0n) is 10.3. The molecular formula is C11H14N6S. The zero-order chi connectivity index (χ0) is 12.7. The van der Waals surface area contributed by atoms with Gasteiger partial charge in [0, 0.05) is 31.6 Å². The minimum atomic E-state index is 0.539. The second-order valence-corrected chi connectivity index (χ2v) is 5.16. The van der Waals surface area contributed by atoms with Crippen LogP contribution in [-0.4, -0.2) is 24.3 Å². The molecule has 0 aliphatic heterocycles. The lowest BCUT2D eigenvalue weighted by Gasteiger charge is -2.05. The molecule has 0 spiro atoms. The highest BCUT2D eigenvalue weighted by atomic mass is 32.1. The quantitative estimate of drug-likeness (QED) is 0.773. The topological polar surface area (TPSA) is 74.6 Å². The number of aromatic nitrogens is 5. The number of anilines is 1. The molecule has 6 nitrogen and oxygen atoms in total. The largest absolute Gasteiger partial charge is 0.369 e. The maximum atomic E-state index is 5.97. The SMILES string of the molecule is Cc1nn(C)c2c1nc(N)n2CCc1nccs1. The molecule has 7 heteroatoms. The fraction of sp³-hybridized carbons (Fsp3) is 0.364. The lowest BCUT2D eigenvalue weighted by Crippen LogP contribution is -2.08. The van der Waals surface area contributed by atoms with Gasteiger partial charge in [0.15, 0.2) is 5.65 Å². The molecule has 0 amide bonds. The number of nitrogens with zero attached hydrogens (tertiary/aromatic N) is 5. The van der Waals surface area contributed by atoms with Crippen molar-refractivity contribution in [2.24, 2.45) is 7.05 Å². The van der Waals surface area contributed by atoms with Gasteiger partial charge in [-0.05, 0) is 6.92 Å². The van der Waals surface area contributed by atoms with Gasteiger partial charge in [-0.3, -0.25) is 9.25 Å². The van der Waals surface area contributed by atoms with Gasteiger partial charge in [-0.1, -0.05) is 0 Å². The predicted molar refractivity (Wildman–Crippen MR) is 71.5 cm³/mol. The minimum absolute atomic E-state index is 0.539. The maximum absolute atomic E-state index is 5.97. The molecule has 3 aromatic rings. The molecule has 0 radical (unpaired) electrons. The van der Waals surface area contributed by atoms with Crippen molar-refractivity contribution in [3.63, 3.8) is 0 Å². The summed E-state index contributed by atoms with van der Waals surface area (Å²) in [5.41, 5.74) is 8.74. The monoisotopic (exact) mass is 262 g/mol. The number of imidazole rings is 1. The van der Waals surface area contributed by atoms with Gasteiger partial charge in [-0.15, -0.1) is 11.3 Å². The summed E-state index contributed by atoms with van der Waals surface area (Å²) in [6.07, 6.45) is 2.68. The molecule has 94 valence electrons. The van der Waals surface area contributed by atoms with Crippen molar-refractivity contribution in [2.75, 3.05) is 5.73 Å². The Morgan fingerprint density at radius 1 is 1.44 bits per heavy atom. The molecule has 3 aromatic heterocycles. The maximum Gasteiger partial charge on any atom is 0.202 e. The third-order valence-corrected chi connectivity index (χ3v) is 3.79. The average molecular weight is 262 g/mol. The van der Waals surface area contributed by atoms with Gasteiger partial charge in [0.05, 0.1) is 10.7 Å². The molecule has 0 fully saturated rings. The molecule has 3 rings (SSSR count). The average Bonchev–Trinajstić information content (AvgIpc) is 2.98. The Morgan fingerprint density at radius 2 is 2.28 bits per heavy atom. The molecule has 18 heavy (non-hydrogen) atoms. The van der Waals surface area contributed by atoms with Gasteiger partial charge < -0.3 is 5.73 Å². The first kappa shape index (κ1) is 11.2. The number of nitrogens with two attached hydrogens (primary N) is 1. The number of hydrogen-bond acceptors (Lipinski definition) is 5. The molecule has 2 N–H and O–H groups in total. The first-order valence-electron chi connectivity index (χ1n) is 5.70. The molecule has 0 aliphatic rings. The van der Waals surface area contributed by atoms with Crippen molar-refractivity contribution in [3.05, 3.63) is 22.3 Å². The van der Waals surface area contributed by atoms with Crippen molar-refractivity contribution in [3.8, 4) is 0 Å². The highest BCUT2D eigenvalue weighted by Gasteiger charge is 2.15. The lowest BCUT2D eigenvalue weighted by atomic mass is 10.4. The summed E-state index contributed by atoms with van der Waals surface area (Å²) in [4.78, 5) is 8.65. The lowest BCUT2D eigenvalue weighted by molar-refractivity contribution is 0.677. The van der Waals surface area contributed by atoms with Crippen LogP contribution in [0.2, 0.25) is 0 Å². The normalized spacial score (nSPS) is 11.4. The van der Waals surface area contributed by atoms with E-state index >= 15 is 0 Å². The molecule has 0 saturated carbocycles. The second-order valence-electron chi connectivity index (χ2n) is 4.18. The third kappa shape index (κ3) is 1.67. The van der Waals surface area contributed by atoms with Gasteiger partial charge in [0.1, 0.15) is 5.52 Å². The number of thiazole rings is 1. The number of rotatable bonds is 3. The van der Waals surface area contributed by atoms with E-state index in [-0.39, 0.29) is 0 Å².